The summed E-state index contributed by atoms with van der Waals surface area (Å²) in [7, 11) is 0. The molecule has 108 valence electrons. The summed E-state index contributed by atoms with van der Waals surface area (Å²) in [6.45, 7) is 9.34. The standard InChI is InChI=1S/C17H22ClNO/c1-5-7-19-16(17-11(2)6-8-20-17)14-9-12(3)13(4)10-15(14)18/h6,8-10,16,19H,5,7H2,1-4H3. The molecule has 2 nitrogen and oxygen atoms in total. The molecule has 0 aliphatic heterocycles. The largest absolute Gasteiger partial charge is 0.467 e. The van der Waals surface area contributed by atoms with Crippen LogP contribution in [-0.2, 0) is 0 Å². The van der Waals surface area contributed by atoms with E-state index in [2.05, 4.69) is 39.1 Å². The van der Waals surface area contributed by atoms with Crippen molar-refractivity contribution in [1.29, 1.82) is 0 Å². The van der Waals surface area contributed by atoms with Gasteiger partial charge in [-0.05, 0) is 68.1 Å². The lowest BCUT2D eigenvalue weighted by Crippen LogP contribution is -2.24. The fraction of sp³-hybridized carbons (Fsp3) is 0.412. The van der Waals surface area contributed by atoms with Crippen molar-refractivity contribution in [1.82, 2.24) is 5.32 Å². The van der Waals surface area contributed by atoms with Crippen LogP contribution in [0.15, 0.2) is 28.9 Å². The second-order valence-corrected chi connectivity index (χ2v) is 5.72. The third-order valence-electron chi connectivity index (χ3n) is 3.69. The van der Waals surface area contributed by atoms with Crippen molar-refractivity contribution in [2.75, 3.05) is 6.54 Å². The third kappa shape index (κ3) is 3.08. The number of furan rings is 1. The number of hydrogen-bond acceptors (Lipinski definition) is 2. The second kappa shape index (κ2) is 6.47. The maximum atomic E-state index is 6.46. The average Bonchev–Trinajstić information content (AvgIpc) is 2.82. The highest BCUT2D eigenvalue weighted by Gasteiger charge is 2.21. The van der Waals surface area contributed by atoms with Crippen molar-refractivity contribution < 1.29 is 4.42 Å². The Morgan fingerprint density at radius 1 is 1.15 bits per heavy atom. The topological polar surface area (TPSA) is 25.2 Å². The molecule has 2 aromatic rings. The molecule has 1 unspecified atom stereocenters. The van der Waals surface area contributed by atoms with Crippen LogP contribution in [0, 0.1) is 20.8 Å². The number of nitrogens with one attached hydrogen (secondary N) is 1. The van der Waals surface area contributed by atoms with Gasteiger partial charge >= 0.3 is 0 Å². The summed E-state index contributed by atoms with van der Waals surface area (Å²) in [5, 5.41) is 4.33. The van der Waals surface area contributed by atoms with Gasteiger partial charge in [0.05, 0.1) is 12.3 Å². The van der Waals surface area contributed by atoms with Gasteiger partial charge in [0.25, 0.3) is 0 Å². The molecule has 1 aromatic carbocycles. The second-order valence-electron chi connectivity index (χ2n) is 5.31. The van der Waals surface area contributed by atoms with E-state index < -0.39 is 0 Å². The van der Waals surface area contributed by atoms with E-state index in [0.29, 0.717) is 0 Å². The number of aryl methyl sites for hydroxylation is 3. The van der Waals surface area contributed by atoms with Gasteiger partial charge in [-0.1, -0.05) is 24.6 Å². The van der Waals surface area contributed by atoms with Gasteiger partial charge in [-0.3, -0.25) is 0 Å². The Balaban J connectivity index is 2.46. The van der Waals surface area contributed by atoms with E-state index in [0.717, 1.165) is 34.9 Å². The molecule has 0 aliphatic carbocycles. The SMILES string of the molecule is CCCNC(c1cc(C)c(C)cc1Cl)c1occc1C. The molecule has 0 spiro atoms. The molecule has 2 rings (SSSR count). The monoisotopic (exact) mass is 291 g/mol. The number of halogens is 1. The summed E-state index contributed by atoms with van der Waals surface area (Å²) in [5.41, 5.74) is 4.69. The minimum atomic E-state index is 0.0109. The van der Waals surface area contributed by atoms with Gasteiger partial charge < -0.3 is 9.73 Å². The molecule has 0 aliphatic rings. The highest BCUT2D eigenvalue weighted by atomic mass is 35.5. The molecule has 3 heteroatoms. The van der Waals surface area contributed by atoms with E-state index in [9.17, 15) is 0 Å². The van der Waals surface area contributed by atoms with Crippen LogP contribution in [0.25, 0.3) is 0 Å². The lowest BCUT2D eigenvalue weighted by molar-refractivity contribution is 0.444. The van der Waals surface area contributed by atoms with Gasteiger partial charge in [0.1, 0.15) is 5.76 Å². The first-order valence-corrected chi connectivity index (χ1v) is 7.46. The first-order valence-electron chi connectivity index (χ1n) is 7.08. The van der Waals surface area contributed by atoms with Crippen LogP contribution in [-0.4, -0.2) is 6.54 Å². The predicted octanol–water partition coefficient (Wildman–Crippen LogP) is 4.95. The van der Waals surface area contributed by atoms with E-state index in [1.807, 2.05) is 12.1 Å². The van der Waals surface area contributed by atoms with E-state index in [1.54, 1.807) is 6.26 Å². The van der Waals surface area contributed by atoms with Gasteiger partial charge in [-0.25, -0.2) is 0 Å². The first-order chi connectivity index (χ1) is 9.54. The van der Waals surface area contributed by atoms with Gasteiger partial charge in [0.15, 0.2) is 0 Å². The molecule has 0 fully saturated rings. The van der Waals surface area contributed by atoms with Crippen LogP contribution < -0.4 is 5.32 Å². The maximum absolute atomic E-state index is 6.46. The number of benzene rings is 1. The zero-order valence-corrected chi connectivity index (χ0v) is 13.3. The molecule has 0 saturated carbocycles. The Morgan fingerprint density at radius 3 is 2.45 bits per heavy atom. The van der Waals surface area contributed by atoms with Crippen LogP contribution in [0.1, 0.15) is 47.4 Å². The molecule has 1 aromatic heterocycles. The van der Waals surface area contributed by atoms with E-state index in [4.69, 9.17) is 16.0 Å². The molecule has 0 radical (unpaired) electrons. The van der Waals surface area contributed by atoms with Gasteiger partial charge in [-0.15, -0.1) is 0 Å². The Morgan fingerprint density at radius 2 is 1.85 bits per heavy atom. The first kappa shape index (κ1) is 15.1. The van der Waals surface area contributed by atoms with Crippen molar-refractivity contribution in [3.05, 3.63) is 57.5 Å². The minimum Gasteiger partial charge on any atom is -0.467 e. The summed E-state index contributed by atoms with van der Waals surface area (Å²) in [6.07, 6.45) is 2.80. The molecule has 20 heavy (non-hydrogen) atoms. The Kier molecular flexibility index (Phi) is 4.90. The van der Waals surface area contributed by atoms with Crippen LogP contribution in [0.3, 0.4) is 0 Å². The summed E-state index contributed by atoms with van der Waals surface area (Å²) in [6, 6.07) is 6.19. The van der Waals surface area contributed by atoms with Gasteiger partial charge in [0, 0.05) is 5.02 Å². The number of hydrogen-bond donors (Lipinski definition) is 1. The molecule has 0 bridgehead atoms. The lowest BCUT2D eigenvalue weighted by atomic mass is 9.97. The predicted molar refractivity (Wildman–Crippen MR) is 84.5 cm³/mol. The van der Waals surface area contributed by atoms with Gasteiger partial charge in [-0.2, -0.15) is 0 Å². The molecule has 1 heterocycles. The summed E-state index contributed by atoms with van der Waals surface area (Å²) in [4.78, 5) is 0. The van der Waals surface area contributed by atoms with Crippen LogP contribution >= 0.6 is 11.6 Å². The maximum Gasteiger partial charge on any atom is 0.128 e. The van der Waals surface area contributed by atoms with Crippen LogP contribution in [0.5, 0.6) is 0 Å². The van der Waals surface area contributed by atoms with E-state index in [1.165, 1.54) is 11.1 Å². The smallest absolute Gasteiger partial charge is 0.128 e. The minimum absolute atomic E-state index is 0.0109. The quantitative estimate of drug-likeness (QED) is 0.843. The molecule has 0 amide bonds. The van der Waals surface area contributed by atoms with Crippen LogP contribution in [0.4, 0.5) is 0 Å². The summed E-state index contributed by atoms with van der Waals surface area (Å²) < 4.78 is 5.68. The molecule has 0 saturated heterocycles. The fourth-order valence-corrected chi connectivity index (χ4v) is 2.66. The Bertz CT molecular complexity index is 589. The summed E-state index contributed by atoms with van der Waals surface area (Å²) >= 11 is 6.46. The lowest BCUT2D eigenvalue weighted by Gasteiger charge is -2.20. The molecular formula is C17H22ClNO. The highest BCUT2D eigenvalue weighted by molar-refractivity contribution is 6.31. The van der Waals surface area contributed by atoms with Crippen LogP contribution in [0.2, 0.25) is 5.02 Å². The molecule has 1 N–H and O–H groups in total. The normalized spacial score (nSPS) is 12.7. The highest BCUT2D eigenvalue weighted by Crippen LogP contribution is 2.32. The van der Waals surface area contributed by atoms with Crippen molar-refractivity contribution in [3.63, 3.8) is 0 Å². The van der Waals surface area contributed by atoms with E-state index >= 15 is 0 Å². The molecule has 1 atom stereocenters. The fourth-order valence-electron chi connectivity index (χ4n) is 2.34. The zero-order chi connectivity index (χ0) is 14.7. The van der Waals surface area contributed by atoms with Gasteiger partial charge in [0.2, 0.25) is 0 Å². The number of rotatable bonds is 5. The van der Waals surface area contributed by atoms with Crippen molar-refractivity contribution in [2.45, 2.75) is 40.2 Å². The molecular weight excluding hydrogens is 270 g/mol. The Hall–Kier alpha value is -1.25. The van der Waals surface area contributed by atoms with Crippen molar-refractivity contribution in [3.8, 4) is 0 Å². The third-order valence-corrected chi connectivity index (χ3v) is 4.01. The van der Waals surface area contributed by atoms with Crippen molar-refractivity contribution >= 4 is 11.6 Å². The van der Waals surface area contributed by atoms with Crippen molar-refractivity contribution in [2.24, 2.45) is 0 Å². The average molecular weight is 292 g/mol. The Labute approximate surface area is 126 Å². The van der Waals surface area contributed by atoms with E-state index in [-0.39, 0.29) is 6.04 Å². The zero-order valence-electron chi connectivity index (χ0n) is 12.6. The summed E-state index contributed by atoms with van der Waals surface area (Å²) in [5.74, 6) is 0.948.